The fourth-order valence-corrected chi connectivity index (χ4v) is 3.15. The van der Waals surface area contributed by atoms with Gasteiger partial charge in [0.25, 0.3) is 0 Å². The monoisotopic (exact) mass is 249 g/mol. The zero-order chi connectivity index (χ0) is 13.0. The number of nitriles is 1. The van der Waals surface area contributed by atoms with Gasteiger partial charge in [0, 0.05) is 26.2 Å². The predicted molar refractivity (Wildman–Crippen MR) is 69.8 cm³/mol. The number of rotatable bonds is 3. The highest BCUT2D eigenvalue weighted by Crippen LogP contribution is 2.39. The lowest BCUT2D eigenvalue weighted by Gasteiger charge is -2.37. The van der Waals surface area contributed by atoms with E-state index < -0.39 is 5.41 Å². The van der Waals surface area contributed by atoms with Crippen molar-refractivity contribution in [2.75, 3.05) is 32.7 Å². The van der Waals surface area contributed by atoms with Gasteiger partial charge in [0.2, 0.25) is 5.91 Å². The summed E-state index contributed by atoms with van der Waals surface area (Å²) in [6.07, 6.45) is 4.73. The Bertz CT molecular complexity index is 333. The molecule has 1 aliphatic heterocycles. The van der Waals surface area contributed by atoms with E-state index in [0.717, 1.165) is 64.8 Å². The first-order valence-corrected chi connectivity index (χ1v) is 7.15. The second-order valence-electron chi connectivity index (χ2n) is 5.53. The van der Waals surface area contributed by atoms with Crippen molar-refractivity contribution in [3.8, 4) is 6.07 Å². The Kier molecular flexibility index (Phi) is 4.23. The Morgan fingerprint density at radius 2 is 1.83 bits per heavy atom. The van der Waals surface area contributed by atoms with Gasteiger partial charge in [-0.3, -0.25) is 9.69 Å². The second kappa shape index (κ2) is 5.71. The minimum atomic E-state index is -0.688. The summed E-state index contributed by atoms with van der Waals surface area (Å²) in [6.45, 7) is 6.80. The van der Waals surface area contributed by atoms with Crippen molar-refractivity contribution in [1.29, 1.82) is 5.26 Å². The number of hydrogen-bond acceptors (Lipinski definition) is 3. The van der Waals surface area contributed by atoms with E-state index >= 15 is 0 Å². The number of piperazine rings is 1. The third kappa shape index (κ3) is 2.51. The number of carbonyl (C=O) groups excluding carboxylic acids is 1. The Hall–Kier alpha value is -1.08. The predicted octanol–water partition coefficient (Wildman–Crippen LogP) is 1.62. The molecule has 1 aliphatic carbocycles. The summed E-state index contributed by atoms with van der Waals surface area (Å²) in [5.41, 5.74) is -0.688. The molecule has 4 nitrogen and oxygen atoms in total. The summed E-state index contributed by atoms with van der Waals surface area (Å²) in [5.74, 6) is 0.0960. The van der Waals surface area contributed by atoms with Gasteiger partial charge in [-0.2, -0.15) is 5.26 Å². The molecule has 1 amide bonds. The zero-order valence-electron chi connectivity index (χ0n) is 11.3. The Balaban J connectivity index is 1.93. The van der Waals surface area contributed by atoms with Crippen LogP contribution in [0, 0.1) is 16.7 Å². The van der Waals surface area contributed by atoms with Crippen LogP contribution in [0.4, 0.5) is 0 Å². The molecule has 1 saturated carbocycles. The second-order valence-corrected chi connectivity index (χ2v) is 5.53. The molecule has 0 radical (unpaired) electrons. The zero-order valence-corrected chi connectivity index (χ0v) is 11.3. The van der Waals surface area contributed by atoms with E-state index in [1.54, 1.807) is 0 Å². The maximum Gasteiger partial charge on any atom is 0.243 e. The van der Waals surface area contributed by atoms with Crippen LogP contribution in [0.1, 0.15) is 39.0 Å². The maximum absolute atomic E-state index is 12.5. The molecular weight excluding hydrogens is 226 g/mol. The van der Waals surface area contributed by atoms with E-state index in [1.807, 2.05) is 4.90 Å². The van der Waals surface area contributed by atoms with Crippen LogP contribution in [0.2, 0.25) is 0 Å². The van der Waals surface area contributed by atoms with Gasteiger partial charge in [-0.25, -0.2) is 0 Å². The molecule has 0 N–H and O–H groups in total. The first-order chi connectivity index (χ1) is 8.72. The SMILES string of the molecule is CCCN1CCN(C(=O)C2(C#N)CCCC2)CC1. The molecule has 1 heterocycles. The molecule has 2 rings (SSSR count). The average Bonchev–Trinajstić information content (AvgIpc) is 2.89. The molecule has 2 aliphatic rings. The van der Waals surface area contributed by atoms with E-state index in [-0.39, 0.29) is 5.91 Å². The van der Waals surface area contributed by atoms with Crippen LogP contribution in [-0.4, -0.2) is 48.4 Å². The van der Waals surface area contributed by atoms with Gasteiger partial charge in [0.15, 0.2) is 0 Å². The molecule has 2 fully saturated rings. The quantitative estimate of drug-likeness (QED) is 0.763. The first-order valence-electron chi connectivity index (χ1n) is 7.15. The summed E-state index contributed by atoms with van der Waals surface area (Å²) < 4.78 is 0. The smallest absolute Gasteiger partial charge is 0.243 e. The van der Waals surface area contributed by atoms with Crippen molar-refractivity contribution in [2.45, 2.75) is 39.0 Å². The van der Waals surface area contributed by atoms with Crippen molar-refractivity contribution >= 4 is 5.91 Å². The van der Waals surface area contributed by atoms with Crippen LogP contribution in [-0.2, 0) is 4.79 Å². The van der Waals surface area contributed by atoms with Crippen molar-refractivity contribution in [1.82, 2.24) is 9.80 Å². The third-order valence-corrected chi connectivity index (χ3v) is 4.28. The number of hydrogen-bond donors (Lipinski definition) is 0. The van der Waals surface area contributed by atoms with Crippen molar-refractivity contribution in [3.05, 3.63) is 0 Å². The van der Waals surface area contributed by atoms with Gasteiger partial charge in [-0.05, 0) is 25.8 Å². The fraction of sp³-hybridized carbons (Fsp3) is 0.857. The van der Waals surface area contributed by atoms with Crippen LogP contribution in [0.5, 0.6) is 0 Å². The van der Waals surface area contributed by atoms with E-state index in [0.29, 0.717) is 0 Å². The summed E-state index contributed by atoms with van der Waals surface area (Å²) in [6, 6.07) is 2.31. The van der Waals surface area contributed by atoms with Gasteiger partial charge in [-0.15, -0.1) is 0 Å². The number of nitrogens with zero attached hydrogens (tertiary/aromatic N) is 3. The molecule has 4 heteroatoms. The van der Waals surface area contributed by atoms with Gasteiger partial charge in [0.1, 0.15) is 5.41 Å². The van der Waals surface area contributed by atoms with Crippen molar-refractivity contribution < 1.29 is 4.79 Å². The average molecular weight is 249 g/mol. The van der Waals surface area contributed by atoms with Crippen LogP contribution < -0.4 is 0 Å². The van der Waals surface area contributed by atoms with Gasteiger partial charge in [-0.1, -0.05) is 19.8 Å². The lowest BCUT2D eigenvalue weighted by Crippen LogP contribution is -2.52. The van der Waals surface area contributed by atoms with Gasteiger partial charge in [0.05, 0.1) is 6.07 Å². The van der Waals surface area contributed by atoms with Crippen LogP contribution in [0.15, 0.2) is 0 Å². The van der Waals surface area contributed by atoms with E-state index in [9.17, 15) is 10.1 Å². The molecule has 0 unspecified atom stereocenters. The van der Waals surface area contributed by atoms with E-state index in [4.69, 9.17) is 0 Å². The molecule has 0 spiro atoms. The van der Waals surface area contributed by atoms with Crippen molar-refractivity contribution in [2.24, 2.45) is 5.41 Å². The molecule has 0 atom stereocenters. The summed E-state index contributed by atoms with van der Waals surface area (Å²) >= 11 is 0. The van der Waals surface area contributed by atoms with Crippen LogP contribution >= 0.6 is 0 Å². The maximum atomic E-state index is 12.5. The molecule has 100 valence electrons. The molecule has 1 saturated heterocycles. The lowest BCUT2D eigenvalue weighted by molar-refractivity contribution is -0.140. The number of amides is 1. The molecular formula is C14H23N3O. The Morgan fingerprint density at radius 3 is 2.33 bits per heavy atom. The topological polar surface area (TPSA) is 47.3 Å². The lowest BCUT2D eigenvalue weighted by atomic mass is 9.86. The summed E-state index contributed by atoms with van der Waals surface area (Å²) in [4.78, 5) is 16.8. The molecule has 0 bridgehead atoms. The molecule has 0 aromatic heterocycles. The third-order valence-electron chi connectivity index (χ3n) is 4.28. The van der Waals surface area contributed by atoms with Crippen molar-refractivity contribution in [3.63, 3.8) is 0 Å². The first kappa shape index (κ1) is 13.4. The normalized spacial score (nSPS) is 23.9. The Morgan fingerprint density at radius 1 is 1.22 bits per heavy atom. The minimum Gasteiger partial charge on any atom is -0.339 e. The van der Waals surface area contributed by atoms with E-state index in [1.165, 1.54) is 0 Å². The van der Waals surface area contributed by atoms with Crippen LogP contribution in [0.3, 0.4) is 0 Å². The van der Waals surface area contributed by atoms with Gasteiger partial charge < -0.3 is 4.90 Å². The van der Waals surface area contributed by atoms with Crippen LogP contribution in [0.25, 0.3) is 0 Å². The van der Waals surface area contributed by atoms with E-state index in [2.05, 4.69) is 17.9 Å². The molecule has 18 heavy (non-hydrogen) atoms. The summed E-state index contributed by atoms with van der Waals surface area (Å²) in [5, 5.41) is 9.35. The minimum absolute atomic E-state index is 0.0960. The standard InChI is InChI=1S/C14H23N3O/c1-2-7-16-8-10-17(11-9-16)13(18)14(12-15)5-3-4-6-14/h2-11H2,1H3. The van der Waals surface area contributed by atoms with Gasteiger partial charge >= 0.3 is 0 Å². The largest absolute Gasteiger partial charge is 0.339 e. The highest BCUT2D eigenvalue weighted by Gasteiger charge is 2.44. The highest BCUT2D eigenvalue weighted by molar-refractivity contribution is 5.86. The fourth-order valence-electron chi connectivity index (χ4n) is 3.15. The Labute approximate surface area is 110 Å². The highest BCUT2D eigenvalue weighted by atomic mass is 16.2. The number of carbonyl (C=O) groups is 1. The molecule has 0 aromatic carbocycles. The summed E-state index contributed by atoms with van der Waals surface area (Å²) in [7, 11) is 0. The molecule has 0 aromatic rings.